The quantitative estimate of drug-likeness (QED) is 0.308. The maximum atomic E-state index is 8.74. The Morgan fingerprint density at radius 3 is 2.77 bits per heavy atom. The molecule has 2 aromatic rings. The van der Waals surface area contributed by atoms with Gasteiger partial charge in [0.2, 0.25) is 0 Å². The van der Waals surface area contributed by atoms with Crippen molar-refractivity contribution in [1.82, 2.24) is 25.4 Å². The van der Waals surface area contributed by atoms with Gasteiger partial charge in [-0.25, -0.2) is 4.99 Å². The van der Waals surface area contributed by atoms with Crippen LogP contribution >= 0.6 is 0 Å². The number of aliphatic imine (C=N–C) groups is 1. The smallest absolute Gasteiger partial charge is 0.191 e. The summed E-state index contributed by atoms with van der Waals surface area (Å²) in [6.07, 6.45) is 2.60. The fourth-order valence-corrected chi connectivity index (χ4v) is 2.37. The molecule has 0 bridgehead atoms. The summed E-state index contributed by atoms with van der Waals surface area (Å²) < 4.78 is 7.31. The number of aliphatic hydroxyl groups is 1. The molecule has 0 fully saturated rings. The number of hydrogen-bond donors (Lipinski definition) is 3. The van der Waals surface area contributed by atoms with Crippen LogP contribution in [0.1, 0.15) is 18.3 Å². The number of aliphatic hydroxyl groups excluding tert-OH is 1. The van der Waals surface area contributed by atoms with Crippen LogP contribution in [0.25, 0.3) is 0 Å². The van der Waals surface area contributed by atoms with Crippen LogP contribution in [0.2, 0.25) is 0 Å². The maximum absolute atomic E-state index is 8.74. The molecule has 26 heavy (non-hydrogen) atoms. The first kappa shape index (κ1) is 19.9. The van der Waals surface area contributed by atoms with Gasteiger partial charge in [-0.05, 0) is 5.56 Å². The normalized spacial score (nSPS) is 11.5. The Hall–Kier alpha value is -2.45. The molecule has 0 unspecified atom stereocenters. The molecule has 0 atom stereocenters. The summed E-state index contributed by atoms with van der Waals surface area (Å²) in [4.78, 5) is 4.62. The Labute approximate surface area is 154 Å². The molecule has 8 heteroatoms. The van der Waals surface area contributed by atoms with Gasteiger partial charge < -0.3 is 25.0 Å². The number of nitrogens with one attached hydrogen (secondary N) is 2. The van der Waals surface area contributed by atoms with Crippen LogP contribution in [-0.2, 0) is 24.2 Å². The highest BCUT2D eigenvalue weighted by Crippen LogP contribution is 2.00. The number of aryl methyl sites for hydroxylation is 1. The first-order chi connectivity index (χ1) is 12.8. The number of hydrogen-bond acceptors (Lipinski definition) is 5. The topological polar surface area (TPSA) is 96.6 Å². The van der Waals surface area contributed by atoms with Crippen LogP contribution < -0.4 is 10.6 Å². The summed E-state index contributed by atoms with van der Waals surface area (Å²) >= 11 is 0. The van der Waals surface area contributed by atoms with Gasteiger partial charge >= 0.3 is 0 Å². The van der Waals surface area contributed by atoms with Crippen molar-refractivity contribution in [3.05, 3.63) is 48.0 Å². The van der Waals surface area contributed by atoms with E-state index in [0.717, 1.165) is 30.3 Å². The highest BCUT2D eigenvalue weighted by atomic mass is 16.5. The fourth-order valence-electron chi connectivity index (χ4n) is 2.37. The molecule has 3 N–H and O–H groups in total. The van der Waals surface area contributed by atoms with E-state index in [4.69, 9.17) is 9.84 Å². The number of nitrogens with zero attached hydrogens (tertiary/aromatic N) is 4. The predicted molar refractivity (Wildman–Crippen MR) is 101 cm³/mol. The first-order valence-electron chi connectivity index (χ1n) is 8.95. The van der Waals surface area contributed by atoms with Gasteiger partial charge in [-0.1, -0.05) is 37.3 Å². The van der Waals surface area contributed by atoms with E-state index >= 15 is 0 Å². The van der Waals surface area contributed by atoms with Crippen LogP contribution in [0, 0.1) is 0 Å². The second-order valence-corrected chi connectivity index (χ2v) is 5.63. The van der Waals surface area contributed by atoms with Gasteiger partial charge in [0.15, 0.2) is 5.96 Å². The van der Waals surface area contributed by atoms with E-state index in [1.807, 2.05) is 22.8 Å². The Kier molecular flexibility index (Phi) is 9.17. The number of benzene rings is 1. The minimum absolute atomic E-state index is 0.0336. The predicted octanol–water partition coefficient (Wildman–Crippen LogP) is 0.585. The highest BCUT2D eigenvalue weighted by Gasteiger charge is 2.03. The molecule has 1 aromatic carbocycles. The lowest BCUT2D eigenvalue weighted by Crippen LogP contribution is -2.40. The molecule has 1 heterocycles. The van der Waals surface area contributed by atoms with Crippen molar-refractivity contribution in [3.63, 3.8) is 0 Å². The van der Waals surface area contributed by atoms with Gasteiger partial charge in [0, 0.05) is 26.1 Å². The monoisotopic (exact) mass is 360 g/mol. The lowest BCUT2D eigenvalue weighted by molar-refractivity contribution is 0.0957. The van der Waals surface area contributed by atoms with Gasteiger partial charge in [0.05, 0.1) is 26.4 Å². The lowest BCUT2D eigenvalue weighted by Gasteiger charge is -2.13. The summed E-state index contributed by atoms with van der Waals surface area (Å²) in [6, 6.07) is 10.1. The van der Waals surface area contributed by atoms with E-state index in [1.54, 1.807) is 6.33 Å². The van der Waals surface area contributed by atoms with Gasteiger partial charge in [-0.15, -0.1) is 10.2 Å². The second kappa shape index (κ2) is 12.0. The fraction of sp³-hybridized carbons (Fsp3) is 0.500. The zero-order valence-electron chi connectivity index (χ0n) is 15.3. The van der Waals surface area contributed by atoms with Crippen LogP contribution in [-0.4, -0.2) is 58.7 Å². The molecule has 142 valence electrons. The third-order valence-electron chi connectivity index (χ3n) is 3.69. The van der Waals surface area contributed by atoms with E-state index in [0.29, 0.717) is 32.8 Å². The molecule has 0 radical (unpaired) electrons. The third kappa shape index (κ3) is 7.20. The number of aromatic nitrogens is 3. The minimum atomic E-state index is 0.0336. The van der Waals surface area contributed by atoms with Crippen molar-refractivity contribution in [2.24, 2.45) is 4.99 Å². The average Bonchev–Trinajstić information content (AvgIpc) is 3.13. The summed E-state index contributed by atoms with van der Waals surface area (Å²) in [6.45, 7) is 5.65. The molecule has 0 aliphatic rings. The van der Waals surface area contributed by atoms with Crippen molar-refractivity contribution in [1.29, 1.82) is 0 Å². The van der Waals surface area contributed by atoms with Crippen molar-refractivity contribution in [2.75, 3.05) is 32.9 Å². The number of ether oxygens (including phenoxy) is 1. The zero-order chi connectivity index (χ0) is 18.5. The molecule has 2 rings (SSSR count). The van der Waals surface area contributed by atoms with E-state index in [-0.39, 0.29) is 6.61 Å². The van der Waals surface area contributed by atoms with Crippen molar-refractivity contribution in [2.45, 2.75) is 26.4 Å². The van der Waals surface area contributed by atoms with Gasteiger partial charge in [0.25, 0.3) is 0 Å². The Morgan fingerprint density at radius 2 is 2.00 bits per heavy atom. The number of rotatable bonds is 11. The average molecular weight is 360 g/mol. The van der Waals surface area contributed by atoms with Crippen molar-refractivity contribution >= 4 is 5.96 Å². The van der Waals surface area contributed by atoms with Crippen molar-refractivity contribution < 1.29 is 9.84 Å². The zero-order valence-corrected chi connectivity index (χ0v) is 15.3. The van der Waals surface area contributed by atoms with Gasteiger partial charge in [-0.3, -0.25) is 0 Å². The first-order valence-corrected chi connectivity index (χ1v) is 8.95. The standard InChI is InChI=1S/C18H28N6O2/c1-2-17-23-22-15-24(17)10-8-19-18(20-9-12-26-13-11-25)21-14-16-6-4-3-5-7-16/h3-7,15,25H,2,8-14H2,1H3,(H2,19,20,21). The summed E-state index contributed by atoms with van der Waals surface area (Å²) in [5, 5.41) is 23.4. The summed E-state index contributed by atoms with van der Waals surface area (Å²) in [5.41, 5.74) is 1.15. The van der Waals surface area contributed by atoms with Gasteiger partial charge in [0.1, 0.15) is 12.2 Å². The van der Waals surface area contributed by atoms with Gasteiger partial charge in [-0.2, -0.15) is 0 Å². The Balaban J connectivity index is 1.84. The van der Waals surface area contributed by atoms with Crippen LogP contribution in [0.3, 0.4) is 0 Å². The molecule has 0 saturated heterocycles. The number of guanidine groups is 1. The molecule has 0 amide bonds. The highest BCUT2D eigenvalue weighted by molar-refractivity contribution is 5.79. The molecule has 0 spiro atoms. The minimum Gasteiger partial charge on any atom is -0.394 e. The van der Waals surface area contributed by atoms with Crippen LogP contribution in [0.5, 0.6) is 0 Å². The second-order valence-electron chi connectivity index (χ2n) is 5.63. The van der Waals surface area contributed by atoms with E-state index in [1.165, 1.54) is 0 Å². The summed E-state index contributed by atoms with van der Waals surface area (Å²) in [7, 11) is 0. The maximum Gasteiger partial charge on any atom is 0.191 e. The van der Waals surface area contributed by atoms with E-state index < -0.39 is 0 Å². The lowest BCUT2D eigenvalue weighted by atomic mass is 10.2. The third-order valence-corrected chi connectivity index (χ3v) is 3.69. The van der Waals surface area contributed by atoms with Crippen LogP contribution in [0.4, 0.5) is 0 Å². The molecule has 1 aromatic heterocycles. The van der Waals surface area contributed by atoms with E-state index in [9.17, 15) is 0 Å². The Morgan fingerprint density at radius 1 is 1.19 bits per heavy atom. The molecule has 0 aliphatic heterocycles. The molecule has 0 saturated carbocycles. The summed E-state index contributed by atoms with van der Waals surface area (Å²) in [5.74, 6) is 1.70. The van der Waals surface area contributed by atoms with E-state index in [2.05, 4.69) is 44.9 Å². The molecule has 0 aliphatic carbocycles. The molecule has 8 nitrogen and oxygen atoms in total. The largest absolute Gasteiger partial charge is 0.394 e. The molecular formula is C18H28N6O2. The van der Waals surface area contributed by atoms with Crippen LogP contribution in [0.15, 0.2) is 41.7 Å². The van der Waals surface area contributed by atoms with Crippen molar-refractivity contribution in [3.8, 4) is 0 Å². The molecular weight excluding hydrogens is 332 g/mol. The Bertz CT molecular complexity index is 644. The SMILES string of the molecule is CCc1nncn1CCNC(=NCc1ccccc1)NCCOCCO.